The zero-order chi connectivity index (χ0) is 19.6. The molecule has 0 atom stereocenters. The number of hydrogen-bond donors (Lipinski definition) is 1. The number of benzene rings is 2. The molecule has 0 aliphatic heterocycles. The van der Waals surface area contributed by atoms with Crippen LogP contribution in [0.5, 0.6) is 11.5 Å². The molecule has 2 aromatic carbocycles. The van der Waals surface area contributed by atoms with Gasteiger partial charge < -0.3 is 19.7 Å². The van der Waals surface area contributed by atoms with E-state index in [9.17, 15) is 9.59 Å². The molecule has 0 aliphatic carbocycles. The van der Waals surface area contributed by atoms with E-state index < -0.39 is 0 Å². The van der Waals surface area contributed by atoms with Gasteiger partial charge in [-0.3, -0.25) is 9.59 Å². The van der Waals surface area contributed by atoms with Gasteiger partial charge in [0.1, 0.15) is 11.5 Å². The molecule has 0 spiro atoms. The lowest BCUT2D eigenvalue weighted by Gasteiger charge is -2.21. The highest BCUT2D eigenvalue weighted by Crippen LogP contribution is 2.23. The minimum Gasteiger partial charge on any atom is -0.497 e. The van der Waals surface area contributed by atoms with Crippen LogP contribution in [0.1, 0.15) is 25.8 Å². The maximum atomic E-state index is 12.3. The van der Waals surface area contributed by atoms with E-state index in [0.717, 1.165) is 11.3 Å². The molecule has 0 fully saturated rings. The van der Waals surface area contributed by atoms with Crippen molar-refractivity contribution in [2.24, 2.45) is 0 Å². The lowest BCUT2D eigenvalue weighted by molar-refractivity contribution is -0.129. The maximum Gasteiger partial charge on any atom is 0.226 e. The van der Waals surface area contributed by atoms with Crippen molar-refractivity contribution in [2.75, 3.05) is 25.6 Å². The number of carbonyl (C=O) groups is 2. The number of rotatable bonds is 9. The first-order chi connectivity index (χ1) is 13.0. The van der Waals surface area contributed by atoms with E-state index in [1.807, 2.05) is 49.4 Å². The maximum absolute atomic E-state index is 12.3. The molecule has 27 heavy (non-hydrogen) atoms. The normalized spacial score (nSPS) is 10.2. The molecule has 0 radical (unpaired) electrons. The third-order valence-electron chi connectivity index (χ3n) is 4.05. The molecule has 0 bridgehead atoms. The summed E-state index contributed by atoms with van der Waals surface area (Å²) in [6.45, 7) is 4.70. The highest BCUT2D eigenvalue weighted by molar-refractivity contribution is 5.92. The second-order valence-electron chi connectivity index (χ2n) is 6.02. The lowest BCUT2D eigenvalue weighted by atomic mass is 10.2. The van der Waals surface area contributed by atoms with Gasteiger partial charge in [0.25, 0.3) is 0 Å². The highest BCUT2D eigenvalue weighted by atomic mass is 16.5. The van der Waals surface area contributed by atoms with E-state index in [1.165, 1.54) is 6.92 Å². The molecule has 6 heteroatoms. The first kappa shape index (κ1) is 20.3. The van der Waals surface area contributed by atoms with Gasteiger partial charge in [0.2, 0.25) is 11.8 Å². The molecule has 0 aliphatic rings. The largest absolute Gasteiger partial charge is 0.497 e. The quantitative estimate of drug-likeness (QED) is 0.734. The van der Waals surface area contributed by atoms with Crippen LogP contribution in [0.2, 0.25) is 0 Å². The molecule has 2 amide bonds. The number of nitrogens with zero attached hydrogens (tertiary/aromatic N) is 1. The number of methoxy groups -OCH3 is 1. The fourth-order valence-corrected chi connectivity index (χ4v) is 2.60. The minimum absolute atomic E-state index is 0.0756. The number of nitrogens with one attached hydrogen (secondary N) is 1. The van der Waals surface area contributed by atoms with Crippen molar-refractivity contribution < 1.29 is 19.1 Å². The summed E-state index contributed by atoms with van der Waals surface area (Å²) in [5.74, 6) is 1.16. The number of carbonyl (C=O) groups excluding carboxylic acids is 2. The van der Waals surface area contributed by atoms with Crippen LogP contribution in [0, 0.1) is 0 Å². The Hall–Kier alpha value is -3.02. The third-order valence-corrected chi connectivity index (χ3v) is 4.05. The fraction of sp³-hybridized carbons (Fsp3) is 0.333. The molecule has 6 nitrogen and oxygen atoms in total. The van der Waals surface area contributed by atoms with E-state index in [0.29, 0.717) is 31.1 Å². The zero-order valence-corrected chi connectivity index (χ0v) is 16.0. The van der Waals surface area contributed by atoms with Gasteiger partial charge in [-0.25, -0.2) is 0 Å². The van der Waals surface area contributed by atoms with Crippen molar-refractivity contribution in [3.05, 3.63) is 54.1 Å². The van der Waals surface area contributed by atoms with E-state index in [4.69, 9.17) is 9.47 Å². The zero-order valence-electron chi connectivity index (χ0n) is 16.0. The topological polar surface area (TPSA) is 67.9 Å². The molecule has 144 valence electrons. The molecule has 2 aromatic rings. The molecule has 1 N–H and O–H groups in total. The number of ether oxygens (including phenoxy) is 2. The van der Waals surface area contributed by atoms with Crippen molar-refractivity contribution >= 4 is 17.5 Å². The van der Waals surface area contributed by atoms with E-state index >= 15 is 0 Å². The summed E-state index contributed by atoms with van der Waals surface area (Å²) in [4.78, 5) is 25.9. The van der Waals surface area contributed by atoms with Gasteiger partial charge in [-0.15, -0.1) is 0 Å². The summed E-state index contributed by atoms with van der Waals surface area (Å²) in [5, 5.41) is 2.85. The van der Waals surface area contributed by atoms with Gasteiger partial charge in [-0.1, -0.05) is 24.3 Å². The Labute approximate surface area is 160 Å². The van der Waals surface area contributed by atoms with Crippen molar-refractivity contribution in [1.29, 1.82) is 0 Å². The molecular formula is C21H26N2O4. The predicted octanol–water partition coefficient (Wildman–Crippen LogP) is 3.47. The Morgan fingerprint density at radius 2 is 1.78 bits per heavy atom. The van der Waals surface area contributed by atoms with Crippen LogP contribution in [0.25, 0.3) is 0 Å². The summed E-state index contributed by atoms with van der Waals surface area (Å²) < 4.78 is 10.7. The van der Waals surface area contributed by atoms with Crippen LogP contribution in [0.15, 0.2) is 48.5 Å². The smallest absolute Gasteiger partial charge is 0.226 e. The van der Waals surface area contributed by atoms with Gasteiger partial charge in [-0.2, -0.15) is 0 Å². The third kappa shape index (κ3) is 6.33. The van der Waals surface area contributed by atoms with Crippen LogP contribution in [0.3, 0.4) is 0 Å². The van der Waals surface area contributed by atoms with Gasteiger partial charge in [-0.05, 0) is 36.8 Å². The average molecular weight is 370 g/mol. The van der Waals surface area contributed by atoms with Crippen molar-refractivity contribution in [3.63, 3.8) is 0 Å². The van der Waals surface area contributed by atoms with Crippen molar-refractivity contribution in [2.45, 2.75) is 26.8 Å². The number of amides is 2. The van der Waals surface area contributed by atoms with Crippen molar-refractivity contribution in [3.8, 4) is 11.5 Å². The Balaban J connectivity index is 1.93. The van der Waals surface area contributed by atoms with E-state index in [1.54, 1.807) is 18.1 Å². The standard InChI is InChI=1S/C21H26N2O4/c1-4-27-20-8-6-5-7-19(20)22-21(25)13-14-23(16(2)24)15-17-9-11-18(26-3)12-10-17/h5-12H,4,13-15H2,1-3H3,(H,22,25). The van der Waals surface area contributed by atoms with Crippen LogP contribution in [0.4, 0.5) is 5.69 Å². The molecule has 0 aromatic heterocycles. The monoisotopic (exact) mass is 370 g/mol. The minimum atomic E-state index is -0.164. The number of hydrogen-bond acceptors (Lipinski definition) is 4. The van der Waals surface area contributed by atoms with Gasteiger partial charge in [0.15, 0.2) is 0 Å². The highest BCUT2D eigenvalue weighted by Gasteiger charge is 2.13. The summed E-state index contributed by atoms with van der Waals surface area (Å²) in [6, 6.07) is 14.8. The van der Waals surface area contributed by atoms with Crippen LogP contribution in [-0.2, 0) is 16.1 Å². The Kier molecular flexibility index (Phi) is 7.67. The number of para-hydroxylation sites is 2. The predicted molar refractivity (Wildman–Crippen MR) is 105 cm³/mol. The first-order valence-electron chi connectivity index (χ1n) is 8.93. The second kappa shape index (κ2) is 10.2. The molecule has 0 heterocycles. The molecule has 2 rings (SSSR count). The van der Waals surface area contributed by atoms with E-state index in [2.05, 4.69) is 5.32 Å². The summed E-state index contributed by atoms with van der Waals surface area (Å²) in [6.07, 6.45) is 0.205. The molecule has 0 unspecified atom stereocenters. The molecule has 0 saturated heterocycles. The Morgan fingerprint density at radius 3 is 2.41 bits per heavy atom. The van der Waals surface area contributed by atoms with Crippen molar-refractivity contribution in [1.82, 2.24) is 4.90 Å². The summed E-state index contributed by atoms with van der Waals surface area (Å²) in [7, 11) is 1.61. The van der Waals surface area contributed by atoms with Gasteiger partial charge in [0, 0.05) is 26.4 Å². The lowest BCUT2D eigenvalue weighted by Crippen LogP contribution is -2.31. The average Bonchev–Trinajstić information content (AvgIpc) is 2.67. The first-order valence-corrected chi connectivity index (χ1v) is 8.93. The second-order valence-corrected chi connectivity index (χ2v) is 6.02. The number of anilines is 1. The molecular weight excluding hydrogens is 344 g/mol. The summed E-state index contributed by atoms with van der Waals surface area (Å²) >= 11 is 0. The van der Waals surface area contributed by atoms with Crippen LogP contribution >= 0.6 is 0 Å². The van der Waals surface area contributed by atoms with Crippen LogP contribution in [-0.4, -0.2) is 37.0 Å². The summed E-state index contributed by atoms with van der Waals surface area (Å²) in [5.41, 5.74) is 1.61. The fourth-order valence-electron chi connectivity index (χ4n) is 2.60. The van der Waals surface area contributed by atoms with Gasteiger partial charge >= 0.3 is 0 Å². The van der Waals surface area contributed by atoms with E-state index in [-0.39, 0.29) is 18.2 Å². The molecule has 0 saturated carbocycles. The Morgan fingerprint density at radius 1 is 1.07 bits per heavy atom. The van der Waals surface area contributed by atoms with Crippen LogP contribution < -0.4 is 14.8 Å². The Bertz CT molecular complexity index is 759. The SMILES string of the molecule is CCOc1ccccc1NC(=O)CCN(Cc1ccc(OC)cc1)C(C)=O. The van der Waals surface area contributed by atoms with Gasteiger partial charge in [0.05, 0.1) is 19.4 Å².